The molecule has 1 fully saturated rings. The van der Waals surface area contributed by atoms with E-state index < -0.39 is 0 Å². The number of amides is 1. The van der Waals surface area contributed by atoms with Crippen LogP contribution in [0.5, 0.6) is 5.75 Å². The highest BCUT2D eigenvalue weighted by molar-refractivity contribution is 5.78. The maximum absolute atomic E-state index is 12.2. The Morgan fingerprint density at radius 3 is 3.10 bits per heavy atom. The molecule has 2 rings (SSSR count). The van der Waals surface area contributed by atoms with Crippen molar-refractivity contribution in [2.75, 3.05) is 26.4 Å². The van der Waals surface area contributed by atoms with E-state index in [1.165, 1.54) is 0 Å². The predicted octanol–water partition coefficient (Wildman–Crippen LogP) is 1.57. The second-order valence-corrected chi connectivity index (χ2v) is 4.62. The van der Waals surface area contributed by atoms with Crippen molar-refractivity contribution in [3.05, 3.63) is 29.8 Å². The third-order valence-corrected chi connectivity index (χ3v) is 3.38. The quantitative estimate of drug-likeness (QED) is 0.836. The second kappa shape index (κ2) is 6.92. The van der Waals surface area contributed by atoms with E-state index in [9.17, 15) is 4.79 Å². The van der Waals surface area contributed by atoms with E-state index in [0.717, 1.165) is 6.42 Å². The van der Waals surface area contributed by atoms with Crippen LogP contribution in [0.3, 0.4) is 0 Å². The molecule has 106 valence electrons. The summed E-state index contributed by atoms with van der Waals surface area (Å²) in [6.07, 6.45) is 0.862. The molecule has 1 unspecified atom stereocenters. The molecule has 0 aliphatic carbocycles. The van der Waals surface area contributed by atoms with Gasteiger partial charge in [0, 0.05) is 6.54 Å². The van der Waals surface area contributed by atoms with E-state index in [1.807, 2.05) is 13.0 Å². The molecule has 1 heterocycles. The molecule has 1 aliphatic heterocycles. The Morgan fingerprint density at radius 2 is 2.35 bits per heavy atom. The van der Waals surface area contributed by atoms with Gasteiger partial charge in [-0.05, 0) is 18.6 Å². The minimum absolute atomic E-state index is 0.0464. The molecular weight excluding hydrogens is 256 g/mol. The second-order valence-electron chi connectivity index (χ2n) is 4.62. The van der Waals surface area contributed by atoms with Crippen molar-refractivity contribution >= 4 is 5.91 Å². The van der Waals surface area contributed by atoms with Crippen molar-refractivity contribution in [3.8, 4) is 11.8 Å². The van der Waals surface area contributed by atoms with Crippen molar-refractivity contribution in [1.82, 2.24) is 4.90 Å². The molecule has 0 saturated carbocycles. The Balaban J connectivity index is 1.96. The minimum Gasteiger partial charge on any atom is -0.482 e. The summed E-state index contributed by atoms with van der Waals surface area (Å²) >= 11 is 0. The molecule has 0 spiro atoms. The molecule has 1 amide bonds. The minimum atomic E-state index is -0.0621. The van der Waals surface area contributed by atoms with Crippen LogP contribution in [0.4, 0.5) is 0 Å². The fourth-order valence-corrected chi connectivity index (χ4v) is 2.23. The molecule has 5 nitrogen and oxygen atoms in total. The lowest BCUT2D eigenvalue weighted by molar-refractivity contribution is -0.142. The van der Waals surface area contributed by atoms with Crippen LogP contribution < -0.4 is 4.74 Å². The lowest BCUT2D eigenvalue weighted by Crippen LogP contribution is -2.50. The summed E-state index contributed by atoms with van der Waals surface area (Å²) in [5.74, 6) is 0.387. The third kappa shape index (κ3) is 3.28. The zero-order chi connectivity index (χ0) is 14.4. The van der Waals surface area contributed by atoms with E-state index >= 15 is 0 Å². The SMILES string of the molecule is CCC1COCCN1C(=O)COc1ccccc1C#N. The van der Waals surface area contributed by atoms with Crippen LogP contribution in [0.15, 0.2) is 24.3 Å². The lowest BCUT2D eigenvalue weighted by Gasteiger charge is -2.35. The summed E-state index contributed by atoms with van der Waals surface area (Å²) in [6.45, 7) is 3.73. The number of carbonyl (C=O) groups excluding carboxylic acids is 1. The van der Waals surface area contributed by atoms with E-state index in [1.54, 1.807) is 29.2 Å². The first-order chi connectivity index (χ1) is 9.76. The number of benzene rings is 1. The van der Waals surface area contributed by atoms with E-state index in [-0.39, 0.29) is 18.6 Å². The van der Waals surface area contributed by atoms with Crippen LogP contribution in [0.1, 0.15) is 18.9 Å². The molecular formula is C15H18N2O3. The lowest BCUT2D eigenvalue weighted by atomic mass is 10.2. The summed E-state index contributed by atoms with van der Waals surface area (Å²) in [5, 5.41) is 8.97. The summed E-state index contributed by atoms with van der Waals surface area (Å²) in [4.78, 5) is 14.0. The Morgan fingerprint density at radius 1 is 1.55 bits per heavy atom. The topological polar surface area (TPSA) is 62.6 Å². The number of nitriles is 1. The number of ether oxygens (including phenoxy) is 2. The molecule has 0 bridgehead atoms. The van der Waals surface area contributed by atoms with Gasteiger partial charge in [0.05, 0.1) is 24.8 Å². The molecule has 0 aromatic heterocycles. The molecule has 1 aromatic rings. The zero-order valence-electron chi connectivity index (χ0n) is 11.5. The average molecular weight is 274 g/mol. The van der Waals surface area contributed by atoms with Crippen LogP contribution in [0, 0.1) is 11.3 Å². The Hall–Kier alpha value is -2.06. The zero-order valence-corrected chi connectivity index (χ0v) is 11.5. The van der Waals surface area contributed by atoms with Gasteiger partial charge < -0.3 is 14.4 Å². The fourth-order valence-electron chi connectivity index (χ4n) is 2.23. The number of rotatable bonds is 4. The number of para-hydroxylation sites is 1. The van der Waals surface area contributed by atoms with Crippen molar-refractivity contribution < 1.29 is 14.3 Å². The van der Waals surface area contributed by atoms with Crippen LogP contribution >= 0.6 is 0 Å². The van der Waals surface area contributed by atoms with Crippen LogP contribution in [0.25, 0.3) is 0 Å². The Labute approximate surface area is 118 Å². The first-order valence-corrected chi connectivity index (χ1v) is 6.75. The predicted molar refractivity (Wildman–Crippen MR) is 73.3 cm³/mol. The molecule has 5 heteroatoms. The number of hydrogen-bond acceptors (Lipinski definition) is 4. The monoisotopic (exact) mass is 274 g/mol. The van der Waals surface area contributed by atoms with Gasteiger partial charge >= 0.3 is 0 Å². The molecule has 1 aliphatic rings. The maximum Gasteiger partial charge on any atom is 0.260 e. The molecule has 1 saturated heterocycles. The van der Waals surface area contributed by atoms with Gasteiger partial charge in [0.1, 0.15) is 11.8 Å². The number of morpholine rings is 1. The normalized spacial score (nSPS) is 18.4. The maximum atomic E-state index is 12.2. The standard InChI is InChI=1S/C15H18N2O3/c1-2-13-10-19-8-7-17(13)15(18)11-20-14-6-4-3-5-12(14)9-16/h3-6,13H,2,7-8,10-11H2,1H3. The van der Waals surface area contributed by atoms with Crippen LogP contribution in [-0.4, -0.2) is 43.2 Å². The number of nitrogens with zero attached hydrogens (tertiary/aromatic N) is 2. The molecule has 0 radical (unpaired) electrons. The van der Waals surface area contributed by atoms with Crippen LogP contribution in [-0.2, 0) is 9.53 Å². The van der Waals surface area contributed by atoms with Gasteiger partial charge in [-0.3, -0.25) is 4.79 Å². The van der Waals surface area contributed by atoms with Gasteiger partial charge in [0.25, 0.3) is 5.91 Å². The molecule has 0 N–H and O–H groups in total. The highest BCUT2D eigenvalue weighted by atomic mass is 16.5. The average Bonchev–Trinajstić information content (AvgIpc) is 2.52. The van der Waals surface area contributed by atoms with Gasteiger partial charge in [0.2, 0.25) is 0 Å². The van der Waals surface area contributed by atoms with E-state index in [4.69, 9.17) is 14.7 Å². The molecule has 1 aromatic carbocycles. The van der Waals surface area contributed by atoms with Crippen molar-refractivity contribution in [3.63, 3.8) is 0 Å². The Kier molecular flexibility index (Phi) is 4.97. The highest BCUT2D eigenvalue weighted by Crippen LogP contribution is 2.17. The van der Waals surface area contributed by atoms with Gasteiger partial charge in [0.15, 0.2) is 6.61 Å². The first kappa shape index (κ1) is 14.4. The van der Waals surface area contributed by atoms with Gasteiger partial charge in [-0.15, -0.1) is 0 Å². The summed E-state index contributed by atoms with van der Waals surface area (Å²) < 4.78 is 10.9. The van der Waals surface area contributed by atoms with Gasteiger partial charge in [-0.2, -0.15) is 5.26 Å². The third-order valence-electron chi connectivity index (χ3n) is 3.38. The first-order valence-electron chi connectivity index (χ1n) is 6.75. The highest BCUT2D eigenvalue weighted by Gasteiger charge is 2.26. The largest absolute Gasteiger partial charge is 0.482 e. The molecule has 20 heavy (non-hydrogen) atoms. The number of hydrogen-bond donors (Lipinski definition) is 0. The van der Waals surface area contributed by atoms with E-state index in [0.29, 0.717) is 31.1 Å². The van der Waals surface area contributed by atoms with Crippen molar-refractivity contribution in [1.29, 1.82) is 5.26 Å². The smallest absolute Gasteiger partial charge is 0.260 e. The van der Waals surface area contributed by atoms with Gasteiger partial charge in [-0.25, -0.2) is 0 Å². The van der Waals surface area contributed by atoms with Crippen molar-refractivity contribution in [2.24, 2.45) is 0 Å². The summed E-state index contributed by atoms with van der Waals surface area (Å²) in [7, 11) is 0. The Bertz CT molecular complexity index is 510. The fraction of sp³-hybridized carbons (Fsp3) is 0.467. The molecule has 1 atom stereocenters. The summed E-state index contributed by atoms with van der Waals surface area (Å²) in [6, 6.07) is 9.08. The number of carbonyl (C=O) groups is 1. The van der Waals surface area contributed by atoms with Gasteiger partial charge in [-0.1, -0.05) is 19.1 Å². The van der Waals surface area contributed by atoms with Crippen molar-refractivity contribution in [2.45, 2.75) is 19.4 Å². The van der Waals surface area contributed by atoms with Crippen LogP contribution in [0.2, 0.25) is 0 Å². The summed E-state index contributed by atoms with van der Waals surface area (Å²) in [5.41, 5.74) is 0.439. The van der Waals surface area contributed by atoms with E-state index in [2.05, 4.69) is 0 Å².